The first kappa shape index (κ1) is 31.1. The highest BCUT2D eigenvalue weighted by atomic mass is 16.6. The number of aromatic nitrogens is 3. The van der Waals surface area contributed by atoms with Crippen LogP contribution in [0.5, 0.6) is 0 Å². The highest BCUT2D eigenvalue weighted by Gasteiger charge is 2.33. The van der Waals surface area contributed by atoms with Gasteiger partial charge in [-0.25, -0.2) is 14.6 Å². The maximum atomic E-state index is 13.7. The third kappa shape index (κ3) is 7.72. The number of ether oxygens (including phenoxy) is 2. The molecule has 1 aliphatic heterocycles. The van der Waals surface area contributed by atoms with Gasteiger partial charge in [-0.1, -0.05) is 51.1 Å². The predicted octanol–water partition coefficient (Wildman–Crippen LogP) is 6.85. The summed E-state index contributed by atoms with van der Waals surface area (Å²) in [7, 11) is 0. The number of carbonyl (C=O) groups excluding carboxylic acids is 2. The number of fused-ring (bicyclic) bond motifs is 1. The molecule has 228 valence electrons. The number of piperidine rings is 1. The Morgan fingerprint density at radius 1 is 1.07 bits per heavy atom. The molecule has 42 heavy (non-hydrogen) atoms. The highest BCUT2D eigenvalue weighted by molar-refractivity contribution is 5.88. The lowest BCUT2D eigenvalue weighted by atomic mass is 9.93. The second-order valence-electron chi connectivity index (χ2n) is 13.5. The molecule has 1 unspecified atom stereocenters. The van der Waals surface area contributed by atoms with Crippen molar-refractivity contribution < 1.29 is 19.1 Å². The second kappa shape index (κ2) is 12.2. The summed E-state index contributed by atoms with van der Waals surface area (Å²) in [6.45, 7) is 18.9. The number of benzene rings is 1. The van der Waals surface area contributed by atoms with E-state index in [0.717, 1.165) is 17.5 Å². The van der Waals surface area contributed by atoms with E-state index in [1.807, 2.05) is 84.1 Å². The van der Waals surface area contributed by atoms with Gasteiger partial charge in [0.2, 0.25) is 0 Å². The summed E-state index contributed by atoms with van der Waals surface area (Å²) in [6.07, 6.45) is 1.84. The molecule has 10 nitrogen and oxygen atoms in total. The van der Waals surface area contributed by atoms with Gasteiger partial charge in [-0.15, -0.1) is 0 Å². The lowest BCUT2D eigenvalue weighted by Gasteiger charge is -2.38. The van der Waals surface area contributed by atoms with Crippen LogP contribution < -0.4 is 10.2 Å². The number of hydrogen-bond acceptors (Lipinski definition) is 7. The van der Waals surface area contributed by atoms with Crippen molar-refractivity contribution in [3.8, 4) is 0 Å². The van der Waals surface area contributed by atoms with E-state index >= 15 is 0 Å². The number of likely N-dealkylation sites (tertiary alicyclic amines) is 1. The Hall–Kier alpha value is -3.82. The predicted molar refractivity (Wildman–Crippen MR) is 165 cm³/mol. The first-order chi connectivity index (χ1) is 19.6. The van der Waals surface area contributed by atoms with Crippen LogP contribution in [-0.4, -0.2) is 62.0 Å². The zero-order valence-corrected chi connectivity index (χ0v) is 26.5. The third-order valence-electron chi connectivity index (χ3n) is 7.12. The smallest absolute Gasteiger partial charge is 0.416 e. The Labute approximate surface area is 249 Å². The lowest BCUT2D eigenvalue weighted by molar-refractivity contribution is 0.0175. The van der Waals surface area contributed by atoms with Crippen LogP contribution in [0.25, 0.3) is 5.65 Å². The topological polar surface area (TPSA) is 101 Å². The molecule has 3 heterocycles. The minimum absolute atomic E-state index is 0.0661. The quantitative estimate of drug-likeness (QED) is 0.341. The van der Waals surface area contributed by atoms with E-state index in [9.17, 15) is 9.59 Å². The number of amides is 2. The number of hydrogen-bond donors (Lipinski definition) is 1. The molecule has 0 bridgehead atoms. The summed E-state index contributed by atoms with van der Waals surface area (Å²) >= 11 is 0. The molecule has 2 aromatic heterocycles. The van der Waals surface area contributed by atoms with Crippen molar-refractivity contribution in [2.45, 2.75) is 98.4 Å². The van der Waals surface area contributed by atoms with Gasteiger partial charge in [0.25, 0.3) is 0 Å². The van der Waals surface area contributed by atoms with Crippen LogP contribution in [0.4, 0.5) is 21.2 Å². The second-order valence-corrected chi connectivity index (χ2v) is 13.5. The normalized spacial score (nSPS) is 17.8. The molecule has 1 N–H and O–H groups in total. The summed E-state index contributed by atoms with van der Waals surface area (Å²) in [6, 6.07) is 11.6. The molecular formula is C32H46N6O4. The summed E-state index contributed by atoms with van der Waals surface area (Å²) in [5.41, 5.74) is 1.33. The van der Waals surface area contributed by atoms with Gasteiger partial charge < -0.3 is 19.7 Å². The average Bonchev–Trinajstić information content (AvgIpc) is 3.31. The van der Waals surface area contributed by atoms with Gasteiger partial charge in [0.1, 0.15) is 22.8 Å². The zero-order valence-electron chi connectivity index (χ0n) is 26.5. The van der Waals surface area contributed by atoms with Gasteiger partial charge in [0.15, 0.2) is 5.65 Å². The summed E-state index contributed by atoms with van der Waals surface area (Å²) in [4.78, 5) is 34.9. The monoisotopic (exact) mass is 578 g/mol. The van der Waals surface area contributed by atoms with Crippen molar-refractivity contribution in [2.24, 2.45) is 5.92 Å². The van der Waals surface area contributed by atoms with E-state index in [1.165, 1.54) is 0 Å². The molecule has 4 rings (SSSR count). The van der Waals surface area contributed by atoms with Gasteiger partial charge in [-0.3, -0.25) is 4.90 Å². The van der Waals surface area contributed by atoms with Crippen LogP contribution >= 0.6 is 0 Å². The molecule has 10 heteroatoms. The van der Waals surface area contributed by atoms with Crippen molar-refractivity contribution in [1.29, 1.82) is 0 Å². The number of nitrogens with zero attached hydrogens (tertiary/aromatic N) is 5. The maximum Gasteiger partial charge on any atom is 0.416 e. The van der Waals surface area contributed by atoms with Crippen molar-refractivity contribution >= 4 is 29.5 Å². The number of anilines is 2. The highest BCUT2D eigenvalue weighted by Crippen LogP contribution is 2.30. The van der Waals surface area contributed by atoms with Crippen molar-refractivity contribution in [3.63, 3.8) is 0 Å². The van der Waals surface area contributed by atoms with Crippen LogP contribution in [0.2, 0.25) is 0 Å². The van der Waals surface area contributed by atoms with E-state index in [4.69, 9.17) is 14.5 Å². The van der Waals surface area contributed by atoms with Crippen LogP contribution in [0.15, 0.2) is 42.6 Å². The van der Waals surface area contributed by atoms with Crippen molar-refractivity contribution in [2.75, 3.05) is 23.3 Å². The molecule has 2 atom stereocenters. The fourth-order valence-corrected chi connectivity index (χ4v) is 4.90. The van der Waals surface area contributed by atoms with Crippen molar-refractivity contribution in [1.82, 2.24) is 19.5 Å². The van der Waals surface area contributed by atoms with Crippen LogP contribution in [-0.2, 0) is 16.0 Å². The zero-order chi connectivity index (χ0) is 30.8. The van der Waals surface area contributed by atoms with Gasteiger partial charge in [-0.2, -0.15) is 9.61 Å². The van der Waals surface area contributed by atoms with Gasteiger partial charge in [-0.05, 0) is 65.4 Å². The maximum absolute atomic E-state index is 13.7. The molecular weight excluding hydrogens is 532 g/mol. The lowest BCUT2D eigenvalue weighted by Crippen LogP contribution is -2.50. The van der Waals surface area contributed by atoms with Crippen LogP contribution in [0.1, 0.15) is 85.8 Å². The van der Waals surface area contributed by atoms with Crippen LogP contribution in [0, 0.1) is 5.92 Å². The Bertz CT molecular complexity index is 1390. The fourth-order valence-electron chi connectivity index (χ4n) is 4.90. The molecule has 1 saturated heterocycles. The van der Waals surface area contributed by atoms with Gasteiger partial charge in [0, 0.05) is 30.8 Å². The molecule has 3 aromatic rings. The van der Waals surface area contributed by atoms with Gasteiger partial charge >= 0.3 is 12.2 Å². The first-order valence-electron chi connectivity index (χ1n) is 14.8. The van der Waals surface area contributed by atoms with Gasteiger partial charge in [0.05, 0.1) is 12.7 Å². The summed E-state index contributed by atoms with van der Waals surface area (Å²) in [5, 5.41) is 8.25. The average molecular weight is 579 g/mol. The number of nitrogens with one attached hydrogen (secondary N) is 1. The molecule has 0 radical (unpaired) electrons. The first-order valence-corrected chi connectivity index (χ1v) is 14.8. The van der Waals surface area contributed by atoms with E-state index in [-0.39, 0.29) is 30.5 Å². The molecule has 1 aromatic carbocycles. The third-order valence-corrected chi connectivity index (χ3v) is 7.12. The standard InChI is InChI=1S/C32H46N6O4/c1-21(2)24-18-33-38-27(37(30(40)42-32(7,8)9)19-23-13-11-10-12-14-23)17-26(35-28(24)38)34-25-20-36(16-15-22(25)3)29(39)41-31(4,5)6/h10-14,17-18,21-22,25H,15-16,19-20H2,1-9H3,(H,34,35)/t22-,25?/m1/s1. The molecule has 0 aliphatic carbocycles. The SMILES string of the molecule is CC(C)c1cnn2c(N(Cc3ccccc3)C(=O)OC(C)(C)C)cc(NC3CN(C(=O)OC(C)(C)C)CC[C@H]3C)nc12. The molecule has 1 aliphatic rings. The minimum atomic E-state index is -0.685. The molecule has 0 spiro atoms. The molecule has 0 saturated carbocycles. The van der Waals surface area contributed by atoms with E-state index < -0.39 is 17.3 Å². The van der Waals surface area contributed by atoms with E-state index in [1.54, 1.807) is 14.3 Å². The molecule has 1 fully saturated rings. The van der Waals surface area contributed by atoms with E-state index in [0.29, 0.717) is 30.4 Å². The summed E-state index contributed by atoms with van der Waals surface area (Å²) in [5.74, 6) is 1.59. The Morgan fingerprint density at radius 2 is 1.74 bits per heavy atom. The Balaban J connectivity index is 1.75. The Kier molecular flexibility index (Phi) is 9.03. The fraction of sp³-hybridized carbons (Fsp3) is 0.562. The largest absolute Gasteiger partial charge is 0.444 e. The minimum Gasteiger partial charge on any atom is -0.444 e. The Morgan fingerprint density at radius 3 is 2.36 bits per heavy atom. The summed E-state index contributed by atoms with van der Waals surface area (Å²) < 4.78 is 13.2. The number of carbonyl (C=O) groups is 2. The number of rotatable bonds is 6. The molecule has 2 amide bonds. The van der Waals surface area contributed by atoms with Crippen molar-refractivity contribution in [3.05, 3.63) is 53.7 Å². The van der Waals surface area contributed by atoms with Crippen LogP contribution in [0.3, 0.4) is 0 Å². The van der Waals surface area contributed by atoms with E-state index in [2.05, 4.69) is 31.2 Å².